The summed E-state index contributed by atoms with van der Waals surface area (Å²) in [6, 6.07) is 0. The largest absolute Gasteiger partial charge is 0.445 e. The zero-order chi connectivity index (χ0) is 13.4. The van der Waals surface area contributed by atoms with E-state index in [4.69, 9.17) is 4.42 Å². The lowest BCUT2D eigenvalue weighted by Gasteiger charge is -2.20. The summed E-state index contributed by atoms with van der Waals surface area (Å²) in [4.78, 5) is 4.38. The molecule has 1 saturated carbocycles. The number of hydrogen-bond donors (Lipinski definition) is 1. The molecule has 0 bridgehead atoms. The van der Waals surface area contributed by atoms with E-state index >= 15 is 0 Å². The SMILES string of the molecule is CC(C)(C)NCCCc1ncc(C2CC2(C)C)o1. The summed E-state index contributed by atoms with van der Waals surface area (Å²) in [5.41, 5.74) is 0.615. The van der Waals surface area contributed by atoms with Gasteiger partial charge in [-0.05, 0) is 45.6 Å². The fourth-order valence-electron chi connectivity index (χ4n) is 2.26. The molecule has 1 unspecified atom stereocenters. The number of hydrogen-bond acceptors (Lipinski definition) is 3. The van der Waals surface area contributed by atoms with Crippen LogP contribution >= 0.6 is 0 Å². The summed E-state index contributed by atoms with van der Waals surface area (Å²) < 4.78 is 5.84. The van der Waals surface area contributed by atoms with Crippen LogP contribution in [0.15, 0.2) is 10.6 Å². The van der Waals surface area contributed by atoms with Gasteiger partial charge in [0.05, 0.1) is 6.20 Å². The minimum absolute atomic E-state index is 0.194. The average molecular weight is 250 g/mol. The second-order valence-corrected chi connectivity index (χ2v) is 7.18. The van der Waals surface area contributed by atoms with Gasteiger partial charge in [-0.25, -0.2) is 4.98 Å². The van der Waals surface area contributed by atoms with Crippen molar-refractivity contribution in [1.82, 2.24) is 10.3 Å². The van der Waals surface area contributed by atoms with Gasteiger partial charge in [0, 0.05) is 17.9 Å². The third-order valence-corrected chi connectivity index (χ3v) is 3.65. The first kappa shape index (κ1) is 13.6. The first-order chi connectivity index (χ1) is 8.28. The van der Waals surface area contributed by atoms with Crippen LogP contribution in [0.25, 0.3) is 0 Å². The van der Waals surface area contributed by atoms with Crippen molar-refractivity contribution in [2.24, 2.45) is 5.41 Å². The van der Waals surface area contributed by atoms with E-state index in [1.165, 1.54) is 6.42 Å². The highest BCUT2D eigenvalue weighted by molar-refractivity contribution is 5.17. The third-order valence-electron chi connectivity index (χ3n) is 3.65. The molecule has 102 valence electrons. The second kappa shape index (κ2) is 4.69. The van der Waals surface area contributed by atoms with Gasteiger partial charge in [-0.15, -0.1) is 0 Å². The lowest BCUT2D eigenvalue weighted by molar-refractivity contribution is 0.402. The standard InChI is InChI=1S/C15H26N2O/c1-14(2,3)17-8-6-7-13-16-10-12(18-13)11-9-15(11,4)5/h10-11,17H,6-9H2,1-5H3. The van der Waals surface area contributed by atoms with Crippen LogP contribution in [0.5, 0.6) is 0 Å². The van der Waals surface area contributed by atoms with Gasteiger partial charge in [-0.2, -0.15) is 0 Å². The van der Waals surface area contributed by atoms with Crippen molar-refractivity contribution < 1.29 is 4.42 Å². The van der Waals surface area contributed by atoms with Gasteiger partial charge in [0.25, 0.3) is 0 Å². The van der Waals surface area contributed by atoms with E-state index in [-0.39, 0.29) is 5.54 Å². The zero-order valence-electron chi connectivity index (χ0n) is 12.3. The molecule has 3 heteroatoms. The molecule has 1 aromatic heterocycles. The average Bonchev–Trinajstić information content (AvgIpc) is 2.70. The lowest BCUT2D eigenvalue weighted by atomic mass is 10.1. The summed E-state index contributed by atoms with van der Waals surface area (Å²) in [5, 5.41) is 3.48. The Morgan fingerprint density at radius 2 is 2.11 bits per heavy atom. The van der Waals surface area contributed by atoms with Crippen molar-refractivity contribution >= 4 is 0 Å². The van der Waals surface area contributed by atoms with Crippen LogP contribution in [0.4, 0.5) is 0 Å². The fourth-order valence-corrected chi connectivity index (χ4v) is 2.26. The number of aromatic nitrogens is 1. The first-order valence-electron chi connectivity index (χ1n) is 6.97. The fraction of sp³-hybridized carbons (Fsp3) is 0.800. The number of nitrogens with one attached hydrogen (secondary N) is 1. The minimum atomic E-state index is 0.194. The molecule has 0 radical (unpaired) electrons. The van der Waals surface area contributed by atoms with Crippen molar-refractivity contribution in [1.29, 1.82) is 0 Å². The number of rotatable bonds is 5. The Morgan fingerprint density at radius 3 is 2.67 bits per heavy atom. The van der Waals surface area contributed by atoms with Crippen molar-refractivity contribution in [2.75, 3.05) is 6.54 Å². The highest BCUT2D eigenvalue weighted by atomic mass is 16.4. The van der Waals surface area contributed by atoms with Gasteiger partial charge in [0.15, 0.2) is 5.89 Å². The van der Waals surface area contributed by atoms with Gasteiger partial charge < -0.3 is 9.73 Å². The second-order valence-electron chi connectivity index (χ2n) is 7.18. The first-order valence-corrected chi connectivity index (χ1v) is 6.97. The Balaban J connectivity index is 1.74. The maximum atomic E-state index is 5.84. The van der Waals surface area contributed by atoms with E-state index in [1.807, 2.05) is 6.20 Å². The zero-order valence-corrected chi connectivity index (χ0v) is 12.3. The molecule has 0 aliphatic heterocycles. The normalized spacial score (nSPS) is 22.2. The Bertz CT molecular complexity index is 401. The summed E-state index contributed by atoms with van der Waals surface area (Å²) >= 11 is 0. The molecule has 1 aromatic rings. The Hall–Kier alpha value is -0.830. The van der Waals surface area contributed by atoms with E-state index in [2.05, 4.69) is 44.9 Å². The van der Waals surface area contributed by atoms with E-state index in [9.17, 15) is 0 Å². The number of nitrogens with zero attached hydrogens (tertiary/aromatic N) is 1. The summed E-state index contributed by atoms with van der Waals surface area (Å²) in [7, 11) is 0. The molecule has 1 N–H and O–H groups in total. The van der Waals surface area contributed by atoms with Gasteiger partial charge in [-0.1, -0.05) is 13.8 Å². The molecule has 1 atom stereocenters. The van der Waals surface area contributed by atoms with Crippen LogP contribution in [-0.2, 0) is 6.42 Å². The third kappa shape index (κ3) is 3.58. The highest BCUT2D eigenvalue weighted by Gasteiger charge is 2.48. The van der Waals surface area contributed by atoms with Crippen LogP contribution < -0.4 is 5.32 Å². The van der Waals surface area contributed by atoms with E-state index in [1.54, 1.807) is 0 Å². The van der Waals surface area contributed by atoms with E-state index in [0.29, 0.717) is 11.3 Å². The van der Waals surface area contributed by atoms with Crippen molar-refractivity contribution in [3.63, 3.8) is 0 Å². The summed E-state index contributed by atoms with van der Waals surface area (Å²) in [5.74, 6) is 2.56. The smallest absolute Gasteiger partial charge is 0.194 e. The minimum Gasteiger partial charge on any atom is -0.445 e. The van der Waals surface area contributed by atoms with Crippen molar-refractivity contribution in [2.45, 2.75) is 65.3 Å². The van der Waals surface area contributed by atoms with E-state index < -0.39 is 0 Å². The molecular weight excluding hydrogens is 224 g/mol. The van der Waals surface area contributed by atoms with Crippen molar-refractivity contribution in [3.05, 3.63) is 17.8 Å². The Labute approximate surface area is 110 Å². The topological polar surface area (TPSA) is 38.1 Å². The summed E-state index contributed by atoms with van der Waals surface area (Å²) in [6.07, 6.45) is 5.15. The van der Waals surface area contributed by atoms with Gasteiger partial charge >= 0.3 is 0 Å². The van der Waals surface area contributed by atoms with E-state index in [0.717, 1.165) is 31.0 Å². The van der Waals surface area contributed by atoms with Gasteiger partial charge in [0.1, 0.15) is 5.76 Å². The molecule has 1 fully saturated rings. The molecule has 0 amide bonds. The van der Waals surface area contributed by atoms with Crippen LogP contribution in [0.1, 0.15) is 65.0 Å². The van der Waals surface area contributed by atoms with Gasteiger partial charge in [-0.3, -0.25) is 0 Å². The molecule has 18 heavy (non-hydrogen) atoms. The molecule has 0 saturated heterocycles. The maximum absolute atomic E-state index is 5.84. The molecule has 3 nitrogen and oxygen atoms in total. The number of aryl methyl sites for hydroxylation is 1. The molecule has 0 aromatic carbocycles. The monoisotopic (exact) mass is 250 g/mol. The van der Waals surface area contributed by atoms with Crippen LogP contribution in [0.3, 0.4) is 0 Å². The Morgan fingerprint density at radius 1 is 1.44 bits per heavy atom. The molecule has 1 aliphatic rings. The molecule has 1 heterocycles. The number of oxazole rings is 1. The lowest BCUT2D eigenvalue weighted by Crippen LogP contribution is -2.36. The van der Waals surface area contributed by atoms with Crippen LogP contribution in [0.2, 0.25) is 0 Å². The maximum Gasteiger partial charge on any atom is 0.194 e. The molecule has 2 rings (SSSR count). The predicted octanol–water partition coefficient (Wildman–Crippen LogP) is 3.51. The molecule has 1 aliphatic carbocycles. The molecule has 0 spiro atoms. The van der Waals surface area contributed by atoms with Crippen molar-refractivity contribution in [3.8, 4) is 0 Å². The Kier molecular flexibility index (Phi) is 3.54. The summed E-state index contributed by atoms with van der Waals surface area (Å²) in [6.45, 7) is 12.1. The quantitative estimate of drug-likeness (QED) is 0.813. The predicted molar refractivity (Wildman–Crippen MR) is 73.7 cm³/mol. The highest BCUT2D eigenvalue weighted by Crippen LogP contribution is 2.58. The van der Waals surface area contributed by atoms with Gasteiger partial charge in [0.2, 0.25) is 0 Å². The molecular formula is C15H26N2O. The van der Waals surface area contributed by atoms with Crippen LogP contribution in [-0.4, -0.2) is 17.1 Å². The van der Waals surface area contributed by atoms with Crippen LogP contribution in [0, 0.1) is 5.41 Å².